The third kappa shape index (κ3) is 5.72. The van der Waals surface area contributed by atoms with Crippen molar-refractivity contribution in [3.05, 3.63) is 108 Å². The number of rotatable bonds is 6. The molecule has 0 saturated carbocycles. The van der Waals surface area contributed by atoms with Crippen LogP contribution in [0, 0.1) is 5.92 Å². The summed E-state index contributed by atoms with van der Waals surface area (Å²) in [5, 5.41) is 0. The van der Waals surface area contributed by atoms with Crippen molar-refractivity contribution < 1.29 is 9.28 Å². The fraction of sp³-hybridized carbons (Fsp3) is 0.367. The molecule has 1 amide bonds. The quantitative estimate of drug-likeness (QED) is 0.453. The Morgan fingerprint density at radius 1 is 0.818 bits per heavy atom. The molecular formula is C30H41N2O+. The van der Waals surface area contributed by atoms with Gasteiger partial charge >= 0.3 is 0 Å². The van der Waals surface area contributed by atoms with Gasteiger partial charge in [0.2, 0.25) is 5.91 Å². The Bertz CT molecular complexity index is 917. The highest BCUT2D eigenvalue weighted by Crippen LogP contribution is 2.45. The molecule has 1 saturated heterocycles. The fourth-order valence-corrected chi connectivity index (χ4v) is 5.23. The maximum Gasteiger partial charge on any atom is 0.233 e. The number of hydrogen-bond acceptors (Lipinski definition) is 1. The van der Waals surface area contributed by atoms with Gasteiger partial charge in [-0.1, -0.05) is 119 Å². The van der Waals surface area contributed by atoms with Gasteiger partial charge in [0.1, 0.15) is 12.0 Å². The van der Waals surface area contributed by atoms with Gasteiger partial charge in [-0.3, -0.25) is 4.79 Å². The molecule has 33 heavy (non-hydrogen) atoms. The van der Waals surface area contributed by atoms with Crippen LogP contribution in [0.5, 0.6) is 0 Å². The number of nitrogens with two attached hydrogens (primary N) is 1. The maximum atomic E-state index is 13.2. The Kier molecular flexibility index (Phi) is 9.87. The number of carbonyl (C=O) groups is 1. The molecule has 4 rings (SSSR count). The lowest BCUT2D eigenvalue weighted by molar-refractivity contribution is -0.912. The number of quaternary nitrogens is 1. The van der Waals surface area contributed by atoms with E-state index in [0.29, 0.717) is 0 Å². The predicted molar refractivity (Wildman–Crippen MR) is 140 cm³/mol. The van der Waals surface area contributed by atoms with E-state index in [-0.39, 0.29) is 11.8 Å². The smallest absolute Gasteiger partial charge is 0.233 e. The van der Waals surface area contributed by atoms with Crippen molar-refractivity contribution in [3.63, 3.8) is 0 Å². The van der Waals surface area contributed by atoms with Gasteiger partial charge in [-0.2, -0.15) is 0 Å². The van der Waals surface area contributed by atoms with Gasteiger partial charge in [0.25, 0.3) is 0 Å². The molecule has 3 heteroatoms. The Balaban J connectivity index is 0.000000914. The van der Waals surface area contributed by atoms with Crippen LogP contribution in [-0.2, 0) is 16.8 Å². The van der Waals surface area contributed by atoms with Crippen molar-refractivity contribution in [1.29, 1.82) is 0 Å². The molecule has 1 fully saturated rings. The molecule has 1 aliphatic heterocycles. The molecule has 0 radical (unpaired) electrons. The van der Waals surface area contributed by atoms with Crippen molar-refractivity contribution in [3.8, 4) is 0 Å². The molecule has 0 spiro atoms. The highest BCUT2D eigenvalue weighted by Gasteiger charge is 2.53. The molecule has 0 aromatic heterocycles. The number of nitrogens with zero attached hydrogens (tertiary/aromatic N) is 1. The van der Waals surface area contributed by atoms with E-state index in [0.717, 1.165) is 41.7 Å². The van der Waals surface area contributed by atoms with Crippen LogP contribution in [0.1, 0.15) is 50.8 Å². The molecule has 176 valence electrons. The average molecular weight is 446 g/mol. The third-order valence-electron chi connectivity index (χ3n) is 6.54. The first-order valence-electron chi connectivity index (χ1n) is 12.3. The van der Waals surface area contributed by atoms with Crippen molar-refractivity contribution in [1.82, 2.24) is 0 Å². The zero-order valence-corrected chi connectivity index (χ0v) is 21.0. The summed E-state index contributed by atoms with van der Waals surface area (Å²) in [5.74, 6) is -0.105. The monoisotopic (exact) mass is 445 g/mol. The molecular weight excluding hydrogens is 404 g/mol. The first-order chi connectivity index (χ1) is 16.0. The van der Waals surface area contributed by atoms with Crippen molar-refractivity contribution in [2.24, 2.45) is 11.7 Å². The van der Waals surface area contributed by atoms with E-state index in [2.05, 4.69) is 61.6 Å². The van der Waals surface area contributed by atoms with Crippen LogP contribution in [0.3, 0.4) is 0 Å². The minimum absolute atomic E-state index is 0.151. The lowest BCUT2D eigenvalue weighted by Crippen LogP contribution is -2.51. The van der Waals surface area contributed by atoms with Gasteiger partial charge in [-0.15, -0.1) is 0 Å². The number of primary amides is 1. The Morgan fingerprint density at radius 2 is 1.24 bits per heavy atom. The summed E-state index contributed by atoms with van der Waals surface area (Å²) in [4.78, 5) is 13.2. The first-order valence-corrected chi connectivity index (χ1v) is 12.3. The molecule has 2 unspecified atom stereocenters. The minimum atomic E-state index is -0.810. The second-order valence-electron chi connectivity index (χ2n) is 8.56. The lowest BCUT2D eigenvalue weighted by atomic mass is 9.64. The van der Waals surface area contributed by atoms with Crippen LogP contribution in [0.25, 0.3) is 0 Å². The van der Waals surface area contributed by atoms with Crippen LogP contribution in [0.2, 0.25) is 0 Å². The summed E-state index contributed by atoms with van der Waals surface area (Å²) < 4.78 is 0.920. The van der Waals surface area contributed by atoms with Gasteiger partial charge in [-0.25, -0.2) is 0 Å². The maximum absolute atomic E-state index is 13.2. The summed E-state index contributed by atoms with van der Waals surface area (Å²) in [6.45, 7) is 10.9. The van der Waals surface area contributed by atoms with E-state index >= 15 is 0 Å². The molecule has 2 atom stereocenters. The van der Waals surface area contributed by atoms with E-state index in [1.54, 1.807) is 0 Å². The van der Waals surface area contributed by atoms with E-state index in [1.165, 1.54) is 5.56 Å². The fourth-order valence-electron chi connectivity index (χ4n) is 5.23. The van der Waals surface area contributed by atoms with E-state index in [1.807, 2.05) is 64.1 Å². The molecule has 0 bridgehead atoms. The predicted octanol–water partition coefficient (Wildman–Crippen LogP) is 6.18. The van der Waals surface area contributed by atoms with Gasteiger partial charge in [-0.05, 0) is 11.1 Å². The lowest BCUT2D eigenvalue weighted by Gasteiger charge is -2.38. The highest BCUT2D eigenvalue weighted by molar-refractivity contribution is 5.91. The Hall–Kier alpha value is -2.91. The molecule has 1 heterocycles. The Labute approximate surface area is 200 Å². The van der Waals surface area contributed by atoms with Crippen molar-refractivity contribution in [2.75, 3.05) is 20.1 Å². The topological polar surface area (TPSA) is 43.1 Å². The number of benzene rings is 3. The van der Waals surface area contributed by atoms with Gasteiger partial charge in [0.05, 0.1) is 20.1 Å². The largest absolute Gasteiger partial charge is 0.369 e. The first kappa shape index (κ1) is 26.3. The van der Waals surface area contributed by atoms with E-state index in [4.69, 9.17) is 5.73 Å². The van der Waals surface area contributed by atoms with Crippen LogP contribution in [-0.4, -0.2) is 30.5 Å². The molecule has 0 aliphatic carbocycles. The van der Waals surface area contributed by atoms with E-state index < -0.39 is 5.41 Å². The summed E-state index contributed by atoms with van der Waals surface area (Å²) in [6, 6.07) is 30.8. The minimum Gasteiger partial charge on any atom is -0.369 e. The van der Waals surface area contributed by atoms with Crippen LogP contribution >= 0.6 is 0 Å². The van der Waals surface area contributed by atoms with Gasteiger partial charge in [0.15, 0.2) is 0 Å². The SMILES string of the molecule is CC.CC.C[N+]1(Cc2ccccc2)CCC(C(C(N)=O)(c2ccccc2)c2ccccc2)C1. The van der Waals surface area contributed by atoms with Crippen molar-refractivity contribution in [2.45, 2.75) is 46.1 Å². The number of likely N-dealkylation sites (tertiary alicyclic amines) is 1. The van der Waals surface area contributed by atoms with Gasteiger partial charge < -0.3 is 10.2 Å². The summed E-state index contributed by atoms with van der Waals surface area (Å²) in [6.07, 6.45) is 0.968. The number of amides is 1. The van der Waals surface area contributed by atoms with Crippen LogP contribution in [0.4, 0.5) is 0 Å². The van der Waals surface area contributed by atoms with Crippen molar-refractivity contribution >= 4 is 5.91 Å². The zero-order valence-electron chi connectivity index (χ0n) is 21.0. The molecule has 3 aromatic carbocycles. The normalized spacial score (nSPS) is 19.5. The summed E-state index contributed by atoms with van der Waals surface area (Å²) >= 11 is 0. The summed E-state index contributed by atoms with van der Waals surface area (Å²) in [5.41, 5.74) is 8.73. The zero-order chi connectivity index (χ0) is 24.3. The Morgan fingerprint density at radius 3 is 1.67 bits per heavy atom. The highest BCUT2D eigenvalue weighted by atomic mass is 16.1. The summed E-state index contributed by atoms with van der Waals surface area (Å²) in [7, 11) is 2.30. The number of carbonyl (C=O) groups excluding carboxylic acids is 1. The number of hydrogen-bond donors (Lipinski definition) is 1. The molecule has 3 nitrogen and oxygen atoms in total. The second-order valence-corrected chi connectivity index (χ2v) is 8.56. The van der Waals surface area contributed by atoms with Crippen LogP contribution < -0.4 is 5.73 Å². The molecule has 2 N–H and O–H groups in total. The molecule has 3 aromatic rings. The standard InChI is InChI=1S/C26H28N2O.2C2H6/c1-28(19-21-11-5-2-6-12-21)18-17-24(20-28)26(25(27)29,22-13-7-3-8-14-22)23-15-9-4-10-16-23;2*1-2/h2-16,24H,17-20H2,1H3,(H-,27,29);2*1-2H3/p+1. The van der Waals surface area contributed by atoms with Crippen LogP contribution in [0.15, 0.2) is 91.0 Å². The van der Waals surface area contributed by atoms with Gasteiger partial charge in [0, 0.05) is 17.9 Å². The van der Waals surface area contributed by atoms with E-state index in [9.17, 15) is 4.79 Å². The third-order valence-corrected chi connectivity index (χ3v) is 6.54. The molecule has 1 aliphatic rings. The second kappa shape index (κ2) is 12.4. The average Bonchev–Trinajstić information content (AvgIpc) is 3.25.